The van der Waals surface area contributed by atoms with Crippen LogP contribution in [-0.4, -0.2) is 10.6 Å². The van der Waals surface area contributed by atoms with Crippen molar-refractivity contribution in [2.45, 2.75) is 6.42 Å². The lowest BCUT2D eigenvalue weighted by Gasteiger charge is -1.83. The Morgan fingerprint density at radius 2 is 2.36 bits per heavy atom. The van der Waals surface area contributed by atoms with Crippen LogP contribution in [0, 0.1) is 0 Å². The quantitative estimate of drug-likeness (QED) is 0.602. The number of ketones is 1. The third kappa shape index (κ3) is 1.04. The summed E-state index contributed by atoms with van der Waals surface area (Å²) in [5.41, 5.74) is 0.713. The van der Waals surface area contributed by atoms with Gasteiger partial charge in [0.1, 0.15) is 0 Å². The fourth-order valence-corrected chi connectivity index (χ4v) is 2.64. The molecule has 0 spiro atoms. The van der Waals surface area contributed by atoms with E-state index in [9.17, 15) is 4.79 Å². The fraction of sp³-hybridized carbons (Fsp3) is 0.143. The molecule has 0 atom stereocenters. The number of carbonyl (C=O) groups is 1. The first-order valence-corrected chi connectivity index (χ1v) is 4.64. The van der Waals surface area contributed by atoms with Gasteiger partial charge in [0.15, 0.2) is 5.78 Å². The Labute approximate surface area is 78.0 Å². The predicted molar refractivity (Wildman–Crippen MR) is 50.0 cm³/mol. The van der Waals surface area contributed by atoms with Gasteiger partial charge in [-0.2, -0.15) is 0 Å². The maximum Gasteiger partial charge on any atom is 0.169 e. The molecule has 1 aliphatic rings. The maximum absolute atomic E-state index is 11.1. The van der Waals surface area contributed by atoms with Gasteiger partial charge in [-0.05, 0) is 6.07 Å². The number of halogens is 1. The van der Waals surface area contributed by atoms with Gasteiger partial charge in [0.25, 0.3) is 0 Å². The minimum absolute atomic E-state index is 0.105. The van der Waals surface area contributed by atoms with Crippen molar-refractivity contribution in [1.82, 2.24) is 0 Å². The van der Waals surface area contributed by atoms with Crippen molar-refractivity contribution < 1.29 is 4.79 Å². The normalized spacial score (nSPS) is 15.7. The van der Waals surface area contributed by atoms with Gasteiger partial charge >= 0.3 is 0 Å². The highest BCUT2D eigenvalue weighted by Gasteiger charge is 2.26. The van der Waals surface area contributed by atoms with Gasteiger partial charge in [-0.25, -0.2) is 0 Å². The van der Waals surface area contributed by atoms with E-state index in [1.165, 1.54) is 11.3 Å². The molecule has 0 saturated heterocycles. The molecule has 1 aromatic heterocycles. The van der Waals surface area contributed by atoms with Gasteiger partial charge in [-0.1, -0.05) is 23.8 Å². The number of hydrogen-bond donors (Lipinski definition) is 0. The van der Waals surface area contributed by atoms with Crippen LogP contribution < -0.4 is 0 Å². The Hall–Kier alpha value is -0.250. The Morgan fingerprint density at radius 3 is 3.00 bits per heavy atom. The number of fused-ring (bicyclic) bond motifs is 1. The average Bonchev–Trinajstić information content (AvgIpc) is 2.38. The number of carbonyl (C=O) groups excluding carboxylic acids is 1. The molecule has 2 rings (SSSR count). The van der Waals surface area contributed by atoms with E-state index in [4.69, 9.17) is 23.8 Å². The summed E-state index contributed by atoms with van der Waals surface area (Å²) in [5.74, 6) is 0.105. The van der Waals surface area contributed by atoms with Crippen molar-refractivity contribution in [3.05, 3.63) is 20.8 Å². The summed E-state index contributed by atoms with van der Waals surface area (Å²) in [6.45, 7) is 0. The van der Waals surface area contributed by atoms with Crippen molar-refractivity contribution in [2.24, 2.45) is 0 Å². The van der Waals surface area contributed by atoms with E-state index in [1.54, 1.807) is 6.07 Å². The van der Waals surface area contributed by atoms with Gasteiger partial charge in [-0.3, -0.25) is 4.79 Å². The lowest BCUT2D eigenvalue weighted by Crippen LogP contribution is -1.90. The van der Waals surface area contributed by atoms with E-state index >= 15 is 0 Å². The molecule has 0 bridgehead atoms. The average molecular weight is 203 g/mol. The second kappa shape index (κ2) is 2.37. The molecule has 0 aromatic carbocycles. The fourth-order valence-electron chi connectivity index (χ4n) is 1.10. The van der Waals surface area contributed by atoms with Crippen molar-refractivity contribution >= 4 is 45.8 Å². The molecule has 0 fully saturated rings. The molecule has 0 amide bonds. The Kier molecular flexibility index (Phi) is 1.59. The summed E-state index contributed by atoms with van der Waals surface area (Å²) < 4.78 is 0.644. The van der Waals surface area contributed by atoms with Gasteiger partial charge in [-0.15, -0.1) is 11.3 Å². The summed E-state index contributed by atoms with van der Waals surface area (Å²) in [6, 6.07) is 1.70. The molecular weight excluding hydrogens is 200 g/mol. The van der Waals surface area contributed by atoms with Crippen LogP contribution in [-0.2, 0) is 0 Å². The number of Topliss-reactive ketones (excluding diaryl/α,β-unsaturated/α-hetero) is 1. The van der Waals surface area contributed by atoms with Gasteiger partial charge in [0.05, 0.1) is 9.21 Å². The molecule has 1 aromatic rings. The van der Waals surface area contributed by atoms with Crippen LogP contribution in [0.4, 0.5) is 0 Å². The van der Waals surface area contributed by atoms with Crippen LogP contribution >= 0.6 is 35.2 Å². The van der Waals surface area contributed by atoms with E-state index in [2.05, 4.69) is 0 Å². The van der Waals surface area contributed by atoms with E-state index in [0.717, 1.165) is 9.74 Å². The number of thiophene rings is 1. The first-order chi connectivity index (χ1) is 5.18. The Balaban J connectivity index is 2.67. The van der Waals surface area contributed by atoms with E-state index in [-0.39, 0.29) is 5.78 Å². The summed E-state index contributed by atoms with van der Waals surface area (Å²) in [6.07, 6.45) is 0.396. The van der Waals surface area contributed by atoms with Crippen LogP contribution in [0.25, 0.3) is 0 Å². The SMILES string of the molecule is O=C1CC(=S)c2sc(Cl)cc21. The zero-order chi connectivity index (χ0) is 8.01. The third-order valence-electron chi connectivity index (χ3n) is 1.58. The summed E-state index contributed by atoms with van der Waals surface area (Å²) >= 11 is 12.1. The predicted octanol–water partition coefficient (Wildman–Crippen LogP) is 2.71. The molecule has 1 aliphatic carbocycles. The first kappa shape index (κ1) is 7.40. The summed E-state index contributed by atoms with van der Waals surface area (Å²) in [4.78, 5) is 12.8. The summed E-state index contributed by atoms with van der Waals surface area (Å²) in [5, 5.41) is 0. The van der Waals surface area contributed by atoms with Gasteiger partial charge < -0.3 is 0 Å². The van der Waals surface area contributed by atoms with Crippen LogP contribution in [0.5, 0.6) is 0 Å². The lowest BCUT2D eigenvalue weighted by molar-refractivity contribution is 0.101. The highest BCUT2D eigenvalue weighted by molar-refractivity contribution is 7.81. The van der Waals surface area contributed by atoms with Crippen LogP contribution in [0.2, 0.25) is 4.34 Å². The standard InChI is InChI=1S/C7H3ClOS2/c8-6-1-3-4(9)2-5(10)7(3)11-6/h1H,2H2. The number of rotatable bonds is 0. The van der Waals surface area contributed by atoms with Crippen molar-refractivity contribution in [1.29, 1.82) is 0 Å². The zero-order valence-corrected chi connectivity index (χ0v) is 7.78. The molecule has 4 heteroatoms. The lowest BCUT2D eigenvalue weighted by atomic mass is 10.2. The van der Waals surface area contributed by atoms with Crippen molar-refractivity contribution in [3.63, 3.8) is 0 Å². The summed E-state index contributed by atoms with van der Waals surface area (Å²) in [7, 11) is 0. The second-order valence-electron chi connectivity index (χ2n) is 2.32. The molecule has 0 radical (unpaired) electrons. The van der Waals surface area contributed by atoms with Crippen LogP contribution in [0.15, 0.2) is 6.07 Å². The maximum atomic E-state index is 11.1. The third-order valence-corrected chi connectivity index (χ3v) is 3.38. The molecule has 56 valence electrons. The van der Waals surface area contributed by atoms with E-state index < -0.39 is 0 Å². The molecule has 0 unspecified atom stereocenters. The minimum Gasteiger partial charge on any atom is -0.294 e. The largest absolute Gasteiger partial charge is 0.294 e. The van der Waals surface area contributed by atoms with Crippen molar-refractivity contribution in [3.8, 4) is 0 Å². The molecular formula is C7H3ClOS2. The topological polar surface area (TPSA) is 17.1 Å². The van der Waals surface area contributed by atoms with Crippen molar-refractivity contribution in [2.75, 3.05) is 0 Å². The zero-order valence-electron chi connectivity index (χ0n) is 5.39. The number of thiocarbonyl (C=S) groups is 1. The highest BCUT2D eigenvalue weighted by Crippen LogP contribution is 2.33. The van der Waals surface area contributed by atoms with E-state index in [1.807, 2.05) is 0 Å². The number of hydrogen-bond acceptors (Lipinski definition) is 3. The van der Waals surface area contributed by atoms with Crippen LogP contribution in [0.1, 0.15) is 21.7 Å². The molecule has 0 aliphatic heterocycles. The second-order valence-corrected chi connectivity index (χ2v) is 4.49. The van der Waals surface area contributed by atoms with Gasteiger partial charge in [0.2, 0.25) is 0 Å². The van der Waals surface area contributed by atoms with Gasteiger partial charge in [0, 0.05) is 16.8 Å². The highest BCUT2D eigenvalue weighted by atomic mass is 35.5. The Morgan fingerprint density at radius 1 is 1.64 bits per heavy atom. The minimum atomic E-state index is 0.105. The molecule has 1 nitrogen and oxygen atoms in total. The molecule has 0 saturated carbocycles. The van der Waals surface area contributed by atoms with E-state index in [0.29, 0.717) is 16.3 Å². The Bertz CT molecular complexity index is 322. The molecule has 0 N–H and O–H groups in total. The smallest absolute Gasteiger partial charge is 0.169 e. The molecule has 11 heavy (non-hydrogen) atoms. The molecule has 1 heterocycles. The monoisotopic (exact) mass is 202 g/mol. The first-order valence-electron chi connectivity index (χ1n) is 3.04. The van der Waals surface area contributed by atoms with Crippen LogP contribution in [0.3, 0.4) is 0 Å².